The fourth-order valence-corrected chi connectivity index (χ4v) is 0.585. The molecule has 50 valence electrons. The zero-order valence-corrected chi connectivity index (χ0v) is 5.62. The summed E-state index contributed by atoms with van der Waals surface area (Å²) in [6.45, 7) is 5.58. The van der Waals surface area contributed by atoms with Crippen molar-refractivity contribution in [1.29, 1.82) is 0 Å². The van der Waals surface area contributed by atoms with E-state index >= 15 is 0 Å². The monoisotopic (exact) mass is 125 g/mol. The van der Waals surface area contributed by atoms with Crippen LogP contribution >= 0.6 is 0 Å². The van der Waals surface area contributed by atoms with Gasteiger partial charge in [0, 0.05) is 4.91 Å². The molecule has 3 nitrogen and oxygen atoms in total. The second-order valence-electron chi connectivity index (χ2n) is 1.80. The molecule has 1 unspecified atom stereocenters. The first kappa shape index (κ1) is 8.05. The van der Waals surface area contributed by atoms with Gasteiger partial charge in [-0.05, 0) is 12.0 Å². The number of hydrogen-bond acceptors (Lipinski definition) is 1. The highest BCUT2D eigenvalue weighted by Gasteiger charge is 1.95. The van der Waals surface area contributed by atoms with Crippen LogP contribution in [-0.2, 0) is 0 Å². The van der Waals surface area contributed by atoms with Crippen LogP contribution in [0.5, 0.6) is 0 Å². The minimum Gasteiger partial charge on any atom is -0.103 e. The van der Waals surface area contributed by atoms with E-state index in [-0.39, 0.29) is 6.04 Å². The van der Waals surface area contributed by atoms with E-state index in [2.05, 4.69) is 16.6 Å². The maximum absolute atomic E-state index is 8.00. The van der Waals surface area contributed by atoms with Crippen LogP contribution in [0.3, 0.4) is 0 Å². The van der Waals surface area contributed by atoms with Gasteiger partial charge < -0.3 is 0 Å². The van der Waals surface area contributed by atoms with E-state index in [1.807, 2.05) is 6.92 Å². The van der Waals surface area contributed by atoms with Gasteiger partial charge in [0.05, 0.1) is 6.04 Å². The second kappa shape index (κ2) is 5.19. The highest BCUT2D eigenvalue weighted by molar-refractivity contribution is 4.84. The van der Waals surface area contributed by atoms with Gasteiger partial charge in [-0.3, -0.25) is 0 Å². The summed E-state index contributed by atoms with van der Waals surface area (Å²) in [5.41, 5.74) is 8.00. The maximum Gasteiger partial charge on any atom is 0.0552 e. The van der Waals surface area contributed by atoms with E-state index in [1.165, 1.54) is 0 Å². The molecule has 3 heteroatoms. The fraction of sp³-hybridized carbons (Fsp3) is 0.667. The molecule has 0 aromatic carbocycles. The van der Waals surface area contributed by atoms with Gasteiger partial charge in [0.1, 0.15) is 0 Å². The lowest BCUT2D eigenvalue weighted by molar-refractivity contribution is 0.700. The largest absolute Gasteiger partial charge is 0.103 e. The predicted octanol–water partition coefficient (Wildman–Crippen LogP) is 2.65. The highest BCUT2D eigenvalue weighted by atomic mass is 15.1. The molecule has 0 fully saturated rings. The van der Waals surface area contributed by atoms with Crippen molar-refractivity contribution in [2.75, 3.05) is 0 Å². The Labute approximate surface area is 55.0 Å². The van der Waals surface area contributed by atoms with Crippen molar-refractivity contribution < 1.29 is 0 Å². The van der Waals surface area contributed by atoms with E-state index in [0.717, 1.165) is 12.8 Å². The zero-order valence-electron chi connectivity index (χ0n) is 5.62. The molecule has 0 saturated heterocycles. The van der Waals surface area contributed by atoms with Crippen molar-refractivity contribution >= 4 is 0 Å². The van der Waals surface area contributed by atoms with Gasteiger partial charge in [0.2, 0.25) is 0 Å². The van der Waals surface area contributed by atoms with Gasteiger partial charge in [0.15, 0.2) is 0 Å². The summed E-state index contributed by atoms with van der Waals surface area (Å²) in [7, 11) is 0. The molecule has 0 aliphatic rings. The first-order valence-corrected chi connectivity index (χ1v) is 3.02. The standard InChI is InChI=1S/C6H11N3/c1-3-5-6(4-2)8-9-7/h4,6H,2-3,5H2,1H3. The molecule has 0 bridgehead atoms. The summed E-state index contributed by atoms with van der Waals surface area (Å²) in [6, 6.07) is -0.0139. The van der Waals surface area contributed by atoms with E-state index in [0.29, 0.717) is 0 Å². The number of rotatable bonds is 4. The van der Waals surface area contributed by atoms with Gasteiger partial charge in [-0.2, -0.15) is 0 Å². The Morgan fingerprint density at radius 1 is 1.89 bits per heavy atom. The Morgan fingerprint density at radius 2 is 2.56 bits per heavy atom. The Morgan fingerprint density at radius 3 is 2.89 bits per heavy atom. The first-order chi connectivity index (χ1) is 4.35. The van der Waals surface area contributed by atoms with Crippen molar-refractivity contribution in [3.05, 3.63) is 23.1 Å². The molecule has 0 rings (SSSR count). The molecule has 0 amide bonds. The molecule has 1 atom stereocenters. The van der Waals surface area contributed by atoms with Gasteiger partial charge in [0.25, 0.3) is 0 Å². The van der Waals surface area contributed by atoms with Crippen molar-refractivity contribution in [3.8, 4) is 0 Å². The third kappa shape index (κ3) is 3.62. The number of nitrogens with zero attached hydrogens (tertiary/aromatic N) is 3. The molecule has 0 N–H and O–H groups in total. The normalized spacial score (nSPS) is 11.7. The molecular weight excluding hydrogens is 114 g/mol. The first-order valence-electron chi connectivity index (χ1n) is 3.02. The number of hydrogen-bond donors (Lipinski definition) is 0. The van der Waals surface area contributed by atoms with E-state index < -0.39 is 0 Å². The number of azide groups is 1. The quantitative estimate of drug-likeness (QED) is 0.240. The smallest absolute Gasteiger partial charge is 0.0552 e. The van der Waals surface area contributed by atoms with Crippen LogP contribution in [0, 0.1) is 0 Å². The SMILES string of the molecule is C=CC(CCC)N=[N+]=[N-]. The average Bonchev–Trinajstić information content (AvgIpc) is 1.88. The summed E-state index contributed by atoms with van der Waals surface area (Å²) >= 11 is 0. The van der Waals surface area contributed by atoms with Crippen LogP contribution in [0.1, 0.15) is 19.8 Å². The van der Waals surface area contributed by atoms with E-state index in [4.69, 9.17) is 5.53 Å². The molecule has 0 aliphatic heterocycles. The zero-order chi connectivity index (χ0) is 7.11. The molecule has 0 aromatic rings. The Bertz CT molecular complexity index is 124. The lowest BCUT2D eigenvalue weighted by atomic mass is 10.2. The molecule has 0 aromatic heterocycles. The van der Waals surface area contributed by atoms with Gasteiger partial charge in [-0.1, -0.05) is 24.5 Å². The van der Waals surface area contributed by atoms with Gasteiger partial charge in [-0.25, -0.2) is 0 Å². The van der Waals surface area contributed by atoms with E-state index in [1.54, 1.807) is 6.08 Å². The fourth-order valence-electron chi connectivity index (χ4n) is 0.585. The summed E-state index contributed by atoms with van der Waals surface area (Å²) in [5.74, 6) is 0. The van der Waals surface area contributed by atoms with Gasteiger partial charge >= 0.3 is 0 Å². The Balaban J connectivity index is 3.67. The van der Waals surface area contributed by atoms with Gasteiger partial charge in [-0.15, -0.1) is 6.58 Å². The molecular formula is C6H11N3. The summed E-state index contributed by atoms with van der Waals surface area (Å²) < 4.78 is 0. The van der Waals surface area contributed by atoms with Crippen molar-refractivity contribution in [3.63, 3.8) is 0 Å². The second-order valence-corrected chi connectivity index (χ2v) is 1.80. The minimum atomic E-state index is -0.0139. The summed E-state index contributed by atoms with van der Waals surface area (Å²) in [4.78, 5) is 2.68. The van der Waals surface area contributed by atoms with Crippen LogP contribution < -0.4 is 0 Å². The summed E-state index contributed by atoms with van der Waals surface area (Å²) in [5, 5.41) is 3.49. The Kier molecular flexibility index (Phi) is 4.64. The van der Waals surface area contributed by atoms with Crippen molar-refractivity contribution in [1.82, 2.24) is 0 Å². The van der Waals surface area contributed by atoms with Crippen LogP contribution in [0.15, 0.2) is 17.8 Å². The van der Waals surface area contributed by atoms with Crippen molar-refractivity contribution in [2.45, 2.75) is 25.8 Å². The lowest BCUT2D eigenvalue weighted by Gasteiger charge is -1.98. The minimum absolute atomic E-state index is 0.0139. The average molecular weight is 125 g/mol. The molecule has 0 aliphatic carbocycles. The third-order valence-electron chi connectivity index (χ3n) is 1.06. The van der Waals surface area contributed by atoms with Crippen LogP contribution in [0.25, 0.3) is 10.4 Å². The highest BCUT2D eigenvalue weighted by Crippen LogP contribution is 2.01. The van der Waals surface area contributed by atoms with Crippen molar-refractivity contribution in [2.24, 2.45) is 5.11 Å². The molecule has 0 spiro atoms. The molecule has 9 heavy (non-hydrogen) atoms. The molecule has 0 radical (unpaired) electrons. The van der Waals surface area contributed by atoms with E-state index in [9.17, 15) is 0 Å². The third-order valence-corrected chi connectivity index (χ3v) is 1.06. The lowest BCUT2D eigenvalue weighted by Crippen LogP contribution is -1.95. The predicted molar refractivity (Wildman–Crippen MR) is 38.0 cm³/mol. The molecule has 0 heterocycles. The Hall–Kier alpha value is -0.950. The topological polar surface area (TPSA) is 48.8 Å². The summed E-state index contributed by atoms with van der Waals surface area (Å²) in [6.07, 6.45) is 3.59. The maximum atomic E-state index is 8.00. The van der Waals surface area contributed by atoms with Crippen LogP contribution in [-0.4, -0.2) is 6.04 Å². The van der Waals surface area contributed by atoms with Crippen LogP contribution in [0.4, 0.5) is 0 Å². The van der Waals surface area contributed by atoms with Crippen LogP contribution in [0.2, 0.25) is 0 Å². The molecule has 0 saturated carbocycles.